The largest absolute Gasteiger partial charge is 0.334 e. The minimum absolute atomic E-state index is 0.135. The summed E-state index contributed by atoms with van der Waals surface area (Å²) in [5, 5.41) is 4.06. The smallest absolute Gasteiger partial charge is 0.334 e. The molecule has 0 saturated heterocycles. The minimum Gasteiger partial charge on any atom is -0.334 e. The van der Waals surface area contributed by atoms with Crippen LogP contribution in [0, 0.1) is 0 Å². The number of carbonyl (C=O) groups excluding carboxylic acids is 1. The number of hydrogen-bond acceptors (Lipinski definition) is 3. The van der Waals surface area contributed by atoms with Gasteiger partial charge < -0.3 is 5.32 Å². The Hall–Kier alpha value is -3.12. The fraction of sp³-hybridized carbons (Fsp3) is 0.261. The molecule has 154 valence electrons. The van der Waals surface area contributed by atoms with Crippen molar-refractivity contribution in [3.63, 3.8) is 0 Å². The van der Waals surface area contributed by atoms with Crippen molar-refractivity contribution in [2.45, 2.75) is 38.1 Å². The number of para-hydroxylation sites is 1. The van der Waals surface area contributed by atoms with Crippen LogP contribution in [0.5, 0.6) is 0 Å². The Kier molecular flexibility index (Phi) is 6.14. The van der Waals surface area contributed by atoms with E-state index in [0.29, 0.717) is 21.7 Å². The lowest BCUT2D eigenvalue weighted by atomic mass is 9.96. The molecule has 6 nitrogen and oxygen atoms in total. The number of aromatic nitrogens is 2. The number of nitrogens with zero attached hydrogens (tertiary/aromatic N) is 2. The topological polar surface area (TPSA) is 76.0 Å². The van der Waals surface area contributed by atoms with Crippen molar-refractivity contribution in [3.8, 4) is 0 Å². The zero-order chi connectivity index (χ0) is 20.9. The maximum Gasteiger partial charge on any atom is 0.334 e. The molecular weight excluding hydrogens is 400 g/mol. The molecule has 2 amide bonds. The van der Waals surface area contributed by atoms with Crippen LogP contribution < -0.4 is 16.3 Å². The summed E-state index contributed by atoms with van der Waals surface area (Å²) in [4.78, 5) is 30.2. The van der Waals surface area contributed by atoms with Gasteiger partial charge >= 0.3 is 6.03 Å². The molecule has 0 atom stereocenters. The Balaban J connectivity index is 1.66. The van der Waals surface area contributed by atoms with Gasteiger partial charge in [-0.1, -0.05) is 61.2 Å². The summed E-state index contributed by atoms with van der Waals surface area (Å²) in [6.45, 7) is 0. The number of amides is 2. The molecule has 0 spiro atoms. The number of hydrogen-bond donors (Lipinski definition) is 2. The third kappa shape index (κ3) is 4.71. The van der Waals surface area contributed by atoms with E-state index < -0.39 is 6.03 Å². The molecule has 4 rings (SSSR count). The molecule has 1 heterocycles. The van der Waals surface area contributed by atoms with Gasteiger partial charge in [-0.25, -0.2) is 15.2 Å². The maximum absolute atomic E-state index is 13.1. The van der Waals surface area contributed by atoms with Crippen molar-refractivity contribution < 1.29 is 4.79 Å². The maximum atomic E-state index is 13.1. The number of urea groups is 1. The van der Waals surface area contributed by atoms with E-state index >= 15 is 0 Å². The summed E-state index contributed by atoms with van der Waals surface area (Å²) in [5.74, 6) is 0.340. The van der Waals surface area contributed by atoms with E-state index in [-0.39, 0.29) is 11.6 Å². The Morgan fingerprint density at radius 3 is 2.53 bits per heavy atom. The fourth-order valence-electron chi connectivity index (χ4n) is 3.68. The van der Waals surface area contributed by atoms with E-state index in [9.17, 15) is 9.59 Å². The Labute approximate surface area is 179 Å². The Morgan fingerprint density at radius 1 is 1.03 bits per heavy atom. The fourth-order valence-corrected chi connectivity index (χ4v) is 3.81. The van der Waals surface area contributed by atoms with Crippen LogP contribution in [0.2, 0.25) is 5.02 Å². The van der Waals surface area contributed by atoms with Gasteiger partial charge in [0.1, 0.15) is 0 Å². The highest BCUT2D eigenvalue weighted by Crippen LogP contribution is 2.17. The first-order chi connectivity index (χ1) is 14.6. The molecule has 1 aliphatic rings. The van der Waals surface area contributed by atoms with Crippen LogP contribution in [0.4, 0.5) is 4.79 Å². The molecule has 1 saturated carbocycles. The van der Waals surface area contributed by atoms with Gasteiger partial charge in [-0.3, -0.25) is 4.79 Å². The Morgan fingerprint density at radius 2 is 1.77 bits per heavy atom. The second kappa shape index (κ2) is 9.13. The number of carbonyl (C=O) groups is 1. The summed E-state index contributed by atoms with van der Waals surface area (Å²) in [6, 6.07) is 14.1. The number of rotatable bonds is 4. The highest BCUT2D eigenvalue weighted by molar-refractivity contribution is 6.30. The van der Waals surface area contributed by atoms with Crippen LogP contribution in [-0.2, 0) is 0 Å². The highest BCUT2D eigenvalue weighted by atomic mass is 35.5. The number of nitrogens with one attached hydrogen (secondary N) is 2. The van der Waals surface area contributed by atoms with Gasteiger partial charge in [0, 0.05) is 11.1 Å². The zero-order valence-corrected chi connectivity index (χ0v) is 17.2. The third-order valence-corrected chi connectivity index (χ3v) is 5.50. The molecule has 1 aromatic heterocycles. The molecule has 0 aliphatic heterocycles. The second-order valence-corrected chi connectivity index (χ2v) is 7.87. The van der Waals surface area contributed by atoms with Crippen LogP contribution >= 0.6 is 11.6 Å². The summed E-state index contributed by atoms with van der Waals surface area (Å²) >= 11 is 5.94. The minimum atomic E-state index is -0.401. The first kappa shape index (κ1) is 20.2. The number of benzene rings is 2. The molecule has 0 bridgehead atoms. The average Bonchev–Trinajstić information content (AvgIpc) is 2.76. The van der Waals surface area contributed by atoms with Gasteiger partial charge in [-0.2, -0.15) is 4.68 Å². The first-order valence-corrected chi connectivity index (χ1v) is 10.5. The lowest BCUT2D eigenvalue weighted by molar-refractivity contribution is 0.241. The van der Waals surface area contributed by atoms with Gasteiger partial charge in [0.05, 0.1) is 10.9 Å². The molecule has 0 radical (unpaired) electrons. The number of halogens is 1. The van der Waals surface area contributed by atoms with Crippen LogP contribution in [0.15, 0.2) is 53.3 Å². The van der Waals surface area contributed by atoms with E-state index in [2.05, 4.69) is 15.7 Å². The molecule has 0 unspecified atom stereocenters. The van der Waals surface area contributed by atoms with E-state index in [4.69, 9.17) is 11.6 Å². The van der Waals surface area contributed by atoms with Crippen molar-refractivity contribution in [2.24, 2.45) is 0 Å². The van der Waals surface area contributed by atoms with Crippen molar-refractivity contribution >= 4 is 40.7 Å². The van der Waals surface area contributed by atoms with Crippen molar-refractivity contribution in [1.82, 2.24) is 15.0 Å². The molecular formula is C23H23ClN4O2. The zero-order valence-electron chi connectivity index (χ0n) is 16.5. The van der Waals surface area contributed by atoms with Gasteiger partial charge in [-0.05, 0) is 48.7 Å². The van der Waals surface area contributed by atoms with Gasteiger partial charge in [-0.15, -0.1) is 0 Å². The van der Waals surface area contributed by atoms with Gasteiger partial charge in [0.2, 0.25) is 0 Å². The van der Waals surface area contributed by atoms with Crippen molar-refractivity contribution in [1.29, 1.82) is 0 Å². The van der Waals surface area contributed by atoms with E-state index in [1.807, 2.05) is 24.3 Å². The van der Waals surface area contributed by atoms with Crippen LogP contribution in [0.1, 0.15) is 43.5 Å². The molecule has 3 aromatic rings. The van der Waals surface area contributed by atoms with E-state index in [1.165, 1.54) is 11.1 Å². The third-order valence-electron chi connectivity index (χ3n) is 5.25. The molecule has 2 N–H and O–H groups in total. The highest BCUT2D eigenvalue weighted by Gasteiger charge is 2.17. The Bertz CT molecular complexity index is 1130. The second-order valence-electron chi connectivity index (χ2n) is 7.43. The summed E-state index contributed by atoms with van der Waals surface area (Å²) in [7, 11) is 0. The van der Waals surface area contributed by atoms with Gasteiger partial charge in [0.15, 0.2) is 5.82 Å². The summed E-state index contributed by atoms with van der Waals surface area (Å²) < 4.78 is 1.20. The van der Waals surface area contributed by atoms with Crippen LogP contribution in [0.3, 0.4) is 0 Å². The molecule has 1 aliphatic carbocycles. The standard InChI is InChI=1S/C23H23ClN4O2/c24-17-13-10-16(11-14-17)12-15-21-26-20-9-5-4-8-19(20)22(29)28(21)27-23(30)25-18-6-2-1-3-7-18/h4-5,8-15,18H,1-3,6-7H2,(H2,25,27,30)/b15-12+. The predicted molar refractivity (Wildman–Crippen MR) is 121 cm³/mol. The monoisotopic (exact) mass is 422 g/mol. The number of fused-ring (bicyclic) bond motifs is 1. The SMILES string of the molecule is O=C(NC1CCCCC1)Nn1c(/C=C/c2ccc(Cl)cc2)nc2ccccc2c1=O. The lowest BCUT2D eigenvalue weighted by Gasteiger charge is -2.23. The van der Waals surface area contributed by atoms with Gasteiger partial charge in [0.25, 0.3) is 5.56 Å². The average molecular weight is 423 g/mol. The quantitative estimate of drug-likeness (QED) is 0.633. The molecule has 2 aromatic carbocycles. The van der Waals surface area contributed by atoms with E-state index in [0.717, 1.165) is 31.2 Å². The molecule has 7 heteroatoms. The predicted octanol–water partition coefficient (Wildman–Crippen LogP) is 4.81. The van der Waals surface area contributed by atoms with Crippen molar-refractivity contribution in [2.75, 3.05) is 5.43 Å². The summed E-state index contributed by atoms with van der Waals surface area (Å²) in [5.41, 5.74) is 3.83. The van der Waals surface area contributed by atoms with Crippen LogP contribution in [0.25, 0.3) is 23.1 Å². The normalized spacial score (nSPS) is 14.8. The first-order valence-electron chi connectivity index (χ1n) is 10.1. The van der Waals surface area contributed by atoms with E-state index in [1.54, 1.807) is 36.4 Å². The molecule has 1 fully saturated rings. The summed E-state index contributed by atoms with van der Waals surface area (Å²) in [6.07, 6.45) is 8.87. The lowest BCUT2D eigenvalue weighted by Crippen LogP contribution is -2.45. The molecule has 30 heavy (non-hydrogen) atoms. The van der Waals surface area contributed by atoms with Crippen molar-refractivity contribution in [3.05, 3.63) is 75.3 Å². The van der Waals surface area contributed by atoms with Crippen LogP contribution in [-0.4, -0.2) is 21.7 Å².